The molecule has 0 aliphatic carbocycles. The first kappa shape index (κ1) is 17.1. The fraction of sp³-hybridized carbons (Fsp3) is 0.286. The Morgan fingerprint density at radius 1 is 1.20 bits per heavy atom. The van der Waals surface area contributed by atoms with Gasteiger partial charge in [0.15, 0.2) is 0 Å². The first-order valence-electron chi connectivity index (χ1n) is 8.61. The Bertz CT molecular complexity index is 766. The summed E-state index contributed by atoms with van der Waals surface area (Å²) in [6.07, 6.45) is 2.74. The van der Waals surface area contributed by atoms with Gasteiger partial charge in [-0.2, -0.15) is 0 Å². The molecule has 4 nitrogen and oxygen atoms in total. The zero-order valence-electron chi connectivity index (χ0n) is 14.8. The lowest BCUT2D eigenvalue weighted by molar-refractivity contribution is -0.116. The topological polar surface area (TPSA) is 41.6 Å². The van der Waals surface area contributed by atoms with Gasteiger partial charge in [0.05, 0.1) is 7.11 Å². The lowest BCUT2D eigenvalue weighted by atomic mass is 10.1. The lowest BCUT2D eigenvalue weighted by Gasteiger charge is -2.19. The smallest absolute Gasteiger partial charge is 0.244 e. The maximum absolute atomic E-state index is 12.1. The summed E-state index contributed by atoms with van der Waals surface area (Å²) in [7, 11) is 1.64. The molecule has 0 fully saturated rings. The molecule has 130 valence electrons. The average Bonchev–Trinajstić information content (AvgIpc) is 3.05. The largest absolute Gasteiger partial charge is 0.497 e. The van der Waals surface area contributed by atoms with Crippen LogP contribution in [-0.4, -0.2) is 32.7 Å². The standard InChI is InChI=1S/C21H24N2O2/c1-16(17-7-9-19(25-2)10-8-17)15-21(24)22-12-14-23-13-11-18-5-3-4-6-20(18)23/h3-10,15H,11-14H2,1-2H3,(H,22,24)/b16-15+. The molecule has 1 aliphatic heterocycles. The highest BCUT2D eigenvalue weighted by atomic mass is 16.5. The number of amides is 1. The molecule has 0 saturated carbocycles. The van der Waals surface area contributed by atoms with Crippen LogP contribution in [-0.2, 0) is 11.2 Å². The summed E-state index contributed by atoms with van der Waals surface area (Å²) in [5.74, 6) is 0.757. The quantitative estimate of drug-likeness (QED) is 0.823. The molecule has 1 amide bonds. The van der Waals surface area contributed by atoms with Gasteiger partial charge in [0.1, 0.15) is 5.75 Å². The number of carbonyl (C=O) groups excluding carboxylic acids is 1. The van der Waals surface area contributed by atoms with Gasteiger partial charge in [0, 0.05) is 31.4 Å². The molecular formula is C21H24N2O2. The molecule has 2 aromatic carbocycles. The molecule has 2 aromatic rings. The van der Waals surface area contributed by atoms with Crippen LogP contribution in [0.1, 0.15) is 18.1 Å². The van der Waals surface area contributed by atoms with Crippen LogP contribution in [0.5, 0.6) is 5.75 Å². The lowest BCUT2D eigenvalue weighted by Crippen LogP contribution is -2.33. The van der Waals surface area contributed by atoms with Gasteiger partial charge in [-0.15, -0.1) is 0 Å². The van der Waals surface area contributed by atoms with Crippen LogP contribution >= 0.6 is 0 Å². The van der Waals surface area contributed by atoms with Crippen molar-refractivity contribution < 1.29 is 9.53 Å². The molecule has 0 bridgehead atoms. The number of benzene rings is 2. The number of ether oxygens (including phenoxy) is 1. The minimum Gasteiger partial charge on any atom is -0.497 e. The molecule has 0 radical (unpaired) electrons. The fourth-order valence-electron chi connectivity index (χ4n) is 3.14. The van der Waals surface area contributed by atoms with Crippen molar-refractivity contribution in [2.75, 3.05) is 31.6 Å². The van der Waals surface area contributed by atoms with E-state index in [0.29, 0.717) is 6.54 Å². The van der Waals surface area contributed by atoms with E-state index in [4.69, 9.17) is 4.74 Å². The summed E-state index contributed by atoms with van der Waals surface area (Å²) in [5.41, 5.74) is 4.64. The second-order valence-corrected chi connectivity index (χ2v) is 6.21. The summed E-state index contributed by atoms with van der Waals surface area (Å²) in [4.78, 5) is 14.5. The molecule has 1 heterocycles. The van der Waals surface area contributed by atoms with Crippen molar-refractivity contribution in [1.82, 2.24) is 5.32 Å². The van der Waals surface area contributed by atoms with Crippen molar-refractivity contribution in [3.63, 3.8) is 0 Å². The monoisotopic (exact) mass is 336 g/mol. The van der Waals surface area contributed by atoms with Crippen molar-refractivity contribution in [2.24, 2.45) is 0 Å². The van der Waals surface area contributed by atoms with Crippen LogP contribution in [0.25, 0.3) is 5.57 Å². The van der Waals surface area contributed by atoms with Crippen molar-refractivity contribution in [2.45, 2.75) is 13.3 Å². The van der Waals surface area contributed by atoms with E-state index in [9.17, 15) is 4.79 Å². The molecule has 1 N–H and O–H groups in total. The highest BCUT2D eigenvalue weighted by molar-refractivity contribution is 5.94. The molecule has 25 heavy (non-hydrogen) atoms. The van der Waals surface area contributed by atoms with Gasteiger partial charge in [0.25, 0.3) is 0 Å². The zero-order valence-corrected chi connectivity index (χ0v) is 14.8. The van der Waals surface area contributed by atoms with Crippen molar-refractivity contribution in [1.29, 1.82) is 0 Å². The molecule has 0 atom stereocenters. The molecule has 0 spiro atoms. The summed E-state index contributed by atoms with van der Waals surface area (Å²) in [6, 6.07) is 16.2. The number of nitrogens with one attached hydrogen (secondary N) is 1. The van der Waals surface area contributed by atoms with Crippen LogP contribution in [0.15, 0.2) is 54.6 Å². The first-order valence-corrected chi connectivity index (χ1v) is 8.61. The number of hydrogen-bond donors (Lipinski definition) is 1. The number of hydrogen-bond acceptors (Lipinski definition) is 3. The Kier molecular flexibility index (Phi) is 5.39. The molecule has 4 heteroatoms. The third-order valence-corrected chi connectivity index (χ3v) is 4.56. The van der Waals surface area contributed by atoms with Gasteiger partial charge < -0.3 is 15.0 Å². The maximum atomic E-state index is 12.1. The first-order chi connectivity index (χ1) is 12.2. The average molecular weight is 336 g/mol. The number of anilines is 1. The SMILES string of the molecule is COc1ccc(/C(C)=C/C(=O)NCCN2CCc3ccccc32)cc1. The molecular weight excluding hydrogens is 312 g/mol. The van der Waals surface area contributed by atoms with Gasteiger partial charge in [-0.25, -0.2) is 0 Å². The summed E-state index contributed by atoms with van der Waals surface area (Å²) in [6.45, 7) is 4.44. The van der Waals surface area contributed by atoms with Crippen LogP contribution < -0.4 is 15.0 Å². The third-order valence-electron chi connectivity index (χ3n) is 4.56. The Labute approximate surface area is 149 Å². The molecule has 1 aliphatic rings. The van der Waals surface area contributed by atoms with E-state index in [1.165, 1.54) is 11.3 Å². The van der Waals surface area contributed by atoms with Crippen molar-refractivity contribution in [3.8, 4) is 5.75 Å². The highest BCUT2D eigenvalue weighted by Crippen LogP contribution is 2.26. The van der Waals surface area contributed by atoms with Gasteiger partial charge in [-0.1, -0.05) is 30.3 Å². The summed E-state index contributed by atoms with van der Waals surface area (Å²) >= 11 is 0. The number of allylic oxidation sites excluding steroid dienone is 1. The Balaban J connectivity index is 1.51. The van der Waals surface area contributed by atoms with E-state index in [0.717, 1.165) is 36.4 Å². The predicted molar refractivity (Wildman–Crippen MR) is 102 cm³/mol. The van der Waals surface area contributed by atoms with Gasteiger partial charge in [-0.3, -0.25) is 4.79 Å². The van der Waals surface area contributed by atoms with Crippen LogP contribution in [0.4, 0.5) is 5.69 Å². The minimum absolute atomic E-state index is 0.0548. The number of methoxy groups -OCH3 is 1. The minimum atomic E-state index is -0.0548. The number of rotatable bonds is 6. The Hall–Kier alpha value is -2.75. The van der Waals surface area contributed by atoms with E-state index < -0.39 is 0 Å². The highest BCUT2D eigenvalue weighted by Gasteiger charge is 2.17. The number of fused-ring (bicyclic) bond motifs is 1. The third kappa shape index (κ3) is 4.21. The summed E-state index contributed by atoms with van der Waals surface area (Å²) in [5, 5.41) is 2.98. The summed E-state index contributed by atoms with van der Waals surface area (Å²) < 4.78 is 5.15. The van der Waals surface area contributed by atoms with Gasteiger partial charge >= 0.3 is 0 Å². The van der Waals surface area contributed by atoms with E-state index in [2.05, 4.69) is 34.5 Å². The van der Waals surface area contributed by atoms with Crippen molar-refractivity contribution >= 4 is 17.2 Å². The molecule has 0 saturated heterocycles. The Morgan fingerprint density at radius 3 is 2.72 bits per heavy atom. The number of carbonyl (C=O) groups is 1. The van der Waals surface area contributed by atoms with Crippen LogP contribution in [0.2, 0.25) is 0 Å². The second kappa shape index (κ2) is 7.88. The molecule has 0 unspecified atom stereocenters. The second-order valence-electron chi connectivity index (χ2n) is 6.21. The number of para-hydroxylation sites is 1. The van der Waals surface area contributed by atoms with Gasteiger partial charge in [0.2, 0.25) is 5.91 Å². The van der Waals surface area contributed by atoms with Crippen LogP contribution in [0.3, 0.4) is 0 Å². The zero-order chi connectivity index (χ0) is 17.6. The predicted octanol–water partition coefficient (Wildman–Crippen LogP) is 3.28. The van der Waals surface area contributed by atoms with Gasteiger partial charge in [-0.05, 0) is 48.2 Å². The van der Waals surface area contributed by atoms with E-state index in [1.807, 2.05) is 31.2 Å². The molecule has 3 rings (SSSR count). The Morgan fingerprint density at radius 2 is 1.96 bits per heavy atom. The fourth-order valence-corrected chi connectivity index (χ4v) is 3.14. The van der Waals surface area contributed by atoms with Crippen LogP contribution in [0, 0.1) is 0 Å². The number of nitrogens with zero attached hydrogens (tertiary/aromatic N) is 1. The van der Waals surface area contributed by atoms with Crippen molar-refractivity contribution in [3.05, 3.63) is 65.7 Å². The molecule has 0 aromatic heterocycles. The van der Waals surface area contributed by atoms with E-state index >= 15 is 0 Å². The maximum Gasteiger partial charge on any atom is 0.244 e. The van der Waals surface area contributed by atoms with E-state index in [1.54, 1.807) is 13.2 Å². The normalized spacial score (nSPS) is 13.5. The van der Waals surface area contributed by atoms with E-state index in [-0.39, 0.29) is 5.91 Å².